The molecule has 6 nitrogen and oxygen atoms in total. The van der Waals surface area contributed by atoms with Crippen molar-refractivity contribution in [2.45, 2.75) is 45.8 Å². The fourth-order valence-electron chi connectivity index (χ4n) is 3.13. The number of carbonyl (C=O) groups excluding carboxylic acids is 1. The fourth-order valence-corrected chi connectivity index (χ4v) is 3.13. The second-order valence-electron chi connectivity index (χ2n) is 6.60. The Bertz CT molecular complexity index is 573. The van der Waals surface area contributed by atoms with E-state index in [-0.39, 0.29) is 5.91 Å². The summed E-state index contributed by atoms with van der Waals surface area (Å²) in [6.45, 7) is 7.54. The zero-order valence-electron chi connectivity index (χ0n) is 13.9. The number of hydrogen-bond acceptors (Lipinski definition) is 5. The molecule has 0 spiro atoms. The van der Waals surface area contributed by atoms with Crippen LogP contribution in [0, 0.1) is 12.8 Å². The number of rotatable bonds is 5. The molecule has 0 radical (unpaired) electrons. The van der Waals surface area contributed by atoms with Gasteiger partial charge in [0, 0.05) is 13.0 Å². The van der Waals surface area contributed by atoms with Crippen molar-refractivity contribution >= 4 is 11.6 Å². The van der Waals surface area contributed by atoms with Crippen LogP contribution in [-0.4, -0.2) is 42.3 Å². The van der Waals surface area contributed by atoms with E-state index in [1.54, 1.807) is 0 Å². The zero-order chi connectivity index (χ0) is 16.2. The number of furan rings is 1. The van der Waals surface area contributed by atoms with Crippen LogP contribution in [-0.2, 0) is 16.2 Å². The van der Waals surface area contributed by atoms with Gasteiger partial charge in [-0.15, -0.1) is 0 Å². The number of likely N-dealkylation sites (tertiary alicyclic amines) is 1. The Morgan fingerprint density at radius 2 is 2.13 bits per heavy atom. The Labute approximate surface area is 136 Å². The lowest BCUT2D eigenvalue weighted by molar-refractivity contribution is -0.131. The van der Waals surface area contributed by atoms with Crippen molar-refractivity contribution in [2.24, 2.45) is 11.1 Å². The molecule has 1 atom stereocenters. The van der Waals surface area contributed by atoms with Crippen LogP contribution in [0.2, 0.25) is 0 Å². The van der Waals surface area contributed by atoms with Gasteiger partial charge >= 0.3 is 0 Å². The number of nitrogens with one attached hydrogen (secondary N) is 1. The van der Waals surface area contributed by atoms with Gasteiger partial charge in [-0.25, -0.2) is 0 Å². The van der Waals surface area contributed by atoms with E-state index < -0.39 is 6.10 Å². The van der Waals surface area contributed by atoms with Gasteiger partial charge in [-0.1, -0.05) is 5.16 Å². The van der Waals surface area contributed by atoms with Gasteiger partial charge in [0.25, 0.3) is 5.91 Å². The third kappa shape index (κ3) is 4.34. The molecule has 0 saturated carbocycles. The highest BCUT2D eigenvalue weighted by atomic mass is 16.6. The third-order valence-corrected chi connectivity index (χ3v) is 4.56. The minimum atomic E-state index is -0.433. The van der Waals surface area contributed by atoms with E-state index in [4.69, 9.17) is 9.25 Å². The molecule has 3 heterocycles. The summed E-state index contributed by atoms with van der Waals surface area (Å²) in [4.78, 5) is 19.5. The average Bonchev–Trinajstić information content (AvgIpc) is 3.15. The topological polar surface area (TPSA) is 67.1 Å². The maximum absolute atomic E-state index is 12.0. The fraction of sp³-hybridized carbons (Fsp3) is 0.647. The molecule has 1 N–H and O–H groups in total. The number of aryl methyl sites for hydroxylation is 1. The maximum atomic E-state index is 12.0. The lowest BCUT2D eigenvalue weighted by Gasteiger charge is -2.31. The SMILES string of the molecule is CC1=NOC(C(=O)NCC2CCN(Cc3ccc(C)o3)CC2)C1. The molecule has 0 aromatic carbocycles. The lowest BCUT2D eigenvalue weighted by atomic mass is 9.96. The summed E-state index contributed by atoms with van der Waals surface area (Å²) in [5.41, 5.74) is 0.881. The van der Waals surface area contributed by atoms with E-state index in [9.17, 15) is 4.79 Å². The molecular formula is C17H25N3O3. The molecule has 1 aromatic heterocycles. The summed E-state index contributed by atoms with van der Waals surface area (Å²) in [6.07, 6.45) is 2.37. The summed E-state index contributed by atoms with van der Waals surface area (Å²) in [6, 6.07) is 4.06. The lowest BCUT2D eigenvalue weighted by Crippen LogP contribution is -2.41. The summed E-state index contributed by atoms with van der Waals surface area (Å²) in [5, 5.41) is 6.83. The van der Waals surface area contributed by atoms with Gasteiger partial charge < -0.3 is 14.6 Å². The maximum Gasteiger partial charge on any atom is 0.264 e. The van der Waals surface area contributed by atoms with E-state index in [0.717, 1.165) is 56.3 Å². The molecule has 3 rings (SSSR count). The van der Waals surface area contributed by atoms with Gasteiger partial charge in [-0.3, -0.25) is 9.69 Å². The molecule has 1 saturated heterocycles. The van der Waals surface area contributed by atoms with Crippen molar-refractivity contribution < 1.29 is 14.0 Å². The van der Waals surface area contributed by atoms with E-state index in [1.165, 1.54) is 0 Å². The van der Waals surface area contributed by atoms with Gasteiger partial charge in [-0.05, 0) is 57.8 Å². The van der Waals surface area contributed by atoms with Gasteiger partial charge in [0.1, 0.15) is 11.5 Å². The predicted molar refractivity (Wildman–Crippen MR) is 87.1 cm³/mol. The summed E-state index contributed by atoms with van der Waals surface area (Å²) in [5.74, 6) is 2.49. The molecule has 126 valence electrons. The third-order valence-electron chi connectivity index (χ3n) is 4.56. The Kier molecular flexibility index (Phi) is 5.00. The van der Waals surface area contributed by atoms with Crippen LogP contribution in [0.5, 0.6) is 0 Å². The zero-order valence-corrected chi connectivity index (χ0v) is 13.9. The number of carbonyl (C=O) groups is 1. The number of amides is 1. The Morgan fingerprint density at radius 3 is 2.74 bits per heavy atom. The molecule has 2 aliphatic heterocycles. The smallest absolute Gasteiger partial charge is 0.264 e. The van der Waals surface area contributed by atoms with Gasteiger partial charge in [0.05, 0.1) is 12.3 Å². The van der Waals surface area contributed by atoms with Crippen molar-refractivity contribution in [1.82, 2.24) is 10.2 Å². The van der Waals surface area contributed by atoms with E-state index in [2.05, 4.69) is 15.4 Å². The van der Waals surface area contributed by atoms with Crippen LogP contribution in [0.25, 0.3) is 0 Å². The highest BCUT2D eigenvalue weighted by Crippen LogP contribution is 2.19. The standard InChI is InChI=1S/C17H25N3O3/c1-12-9-16(23-19-12)17(21)18-10-14-5-7-20(8-6-14)11-15-4-3-13(2)22-15/h3-4,14,16H,5-11H2,1-2H3,(H,18,21). The van der Waals surface area contributed by atoms with Crippen molar-refractivity contribution in [3.05, 3.63) is 23.7 Å². The minimum absolute atomic E-state index is 0.0425. The molecule has 23 heavy (non-hydrogen) atoms. The predicted octanol–water partition coefficient (Wildman–Crippen LogP) is 2.08. The van der Waals surface area contributed by atoms with Crippen LogP contribution < -0.4 is 5.32 Å². The van der Waals surface area contributed by atoms with Crippen LogP contribution in [0.3, 0.4) is 0 Å². The summed E-state index contributed by atoms with van der Waals surface area (Å²) in [7, 11) is 0. The first-order chi connectivity index (χ1) is 11.1. The molecule has 0 aliphatic carbocycles. The first-order valence-corrected chi connectivity index (χ1v) is 8.35. The monoisotopic (exact) mass is 319 g/mol. The van der Waals surface area contributed by atoms with E-state index in [0.29, 0.717) is 12.3 Å². The molecule has 2 aliphatic rings. The highest BCUT2D eigenvalue weighted by Gasteiger charge is 2.27. The molecule has 0 bridgehead atoms. The Balaban J connectivity index is 1.35. The van der Waals surface area contributed by atoms with Crippen molar-refractivity contribution in [3.8, 4) is 0 Å². The Hall–Kier alpha value is -1.82. The van der Waals surface area contributed by atoms with Gasteiger partial charge in [0.2, 0.25) is 6.10 Å². The quantitative estimate of drug-likeness (QED) is 0.902. The van der Waals surface area contributed by atoms with Crippen LogP contribution in [0.1, 0.15) is 37.7 Å². The van der Waals surface area contributed by atoms with Crippen molar-refractivity contribution in [1.29, 1.82) is 0 Å². The van der Waals surface area contributed by atoms with Crippen molar-refractivity contribution in [3.63, 3.8) is 0 Å². The van der Waals surface area contributed by atoms with E-state index in [1.807, 2.05) is 26.0 Å². The van der Waals surface area contributed by atoms with E-state index >= 15 is 0 Å². The van der Waals surface area contributed by atoms with Crippen LogP contribution in [0.4, 0.5) is 0 Å². The molecular weight excluding hydrogens is 294 g/mol. The minimum Gasteiger partial charge on any atom is -0.465 e. The summed E-state index contributed by atoms with van der Waals surface area (Å²) < 4.78 is 5.63. The molecule has 1 fully saturated rings. The molecule has 1 aromatic rings. The highest BCUT2D eigenvalue weighted by molar-refractivity contribution is 5.91. The van der Waals surface area contributed by atoms with Gasteiger partial charge in [0.15, 0.2) is 0 Å². The second kappa shape index (κ2) is 7.17. The molecule has 1 amide bonds. The first-order valence-electron chi connectivity index (χ1n) is 8.35. The normalized spacial score (nSPS) is 22.7. The number of nitrogens with zero attached hydrogens (tertiary/aromatic N) is 2. The van der Waals surface area contributed by atoms with Crippen LogP contribution in [0.15, 0.2) is 21.7 Å². The van der Waals surface area contributed by atoms with Crippen LogP contribution >= 0.6 is 0 Å². The number of piperidine rings is 1. The number of hydrogen-bond donors (Lipinski definition) is 1. The van der Waals surface area contributed by atoms with Crippen molar-refractivity contribution in [2.75, 3.05) is 19.6 Å². The first kappa shape index (κ1) is 16.1. The second-order valence-corrected chi connectivity index (χ2v) is 6.60. The molecule has 1 unspecified atom stereocenters. The Morgan fingerprint density at radius 1 is 1.35 bits per heavy atom. The number of oxime groups is 1. The summed E-state index contributed by atoms with van der Waals surface area (Å²) >= 11 is 0. The largest absolute Gasteiger partial charge is 0.465 e. The molecule has 6 heteroatoms. The van der Waals surface area contributed by atoms with Gasteiger partial charge in [-0.2, -0.15) is 0 Å². The average molecular weight is 319 g/mol.